The van der Waals surface area contributed by atoms with Gasteiger partial charge >= 0.3 is 0 Å². The van der Waals surface area contributed by atoms with Crippen molar-refractivity contribution in [2.45, 2.75) is 52.1 Å². The summed E-state index contributed by atoms with van der Waals surface area (Å²) in [6.07, 6.45) is 5.92. The molecule has 1 rings (SSSR count). The van der Waals surface area contributed by atoms with Crippen LogP contribution < -0.4 is 0 Å². The molecule has 1 radical (unpaired) electrons. The molecule has 0 bridgehead atoms. The van der Waals surface area contributed by atoms with E-state index in [1.807, 2.05) is 0 Å². The summed E-state index contributed by atoms with van der Waals surface area (Å²) in [5.41, 5.74) is 0. The fourth-order valence-electron chi connectivity index (χ4n) is 1.08. The average molecular weight is 175 g/mol. The summed E-state index contributed by atoms with van der Waals surface area (Å²) in [5, 5.41) is 16.5. The first kappa shape index (κ1) is 14.4. The van der Waals surface area contributed by atoms with Gasteiger partial charge in [-0.15, -0.1) is 0 Å². The van der Waals surface area contributed by atoms with E-state index in [1.54, 1.807) is 13.8 Å². The fraction of sp³-hybridized carbons (Fsp3) is 0.900. The maximum absolute atomic E-state index is 8.91. The molecule has 0 unspecified atom stereocenters. The van der Waals surface area contributed by atoms with E-state index in [0.717, 1.165) is 12.8 Å². The highest BCUT2D eigenvalue weighted by Crippen LogP contribution is 2.16. The Balaban J connectivity index is 0. The van der Waals surface area contributed by atoms with Crippen LogP contribution in [0.3, 0.4) is 0 Å². The third-order valence-electron chi connectivity index (χ3n) is 1.57. The molecule has 1 fully saturated rings. The van der Waals surface area contributed by atoms with Crippen molar-refractivity contribution in [3.05, 3.63) is 6.92 Å². The van der Waals surface area contributed by atoms with Crippen LogP contribution >= 0.6 is 0 Å². The van der Waals surface area contributed by atoms with E-state index < -0.39 is 0 Å². The molecule has 1 saturated carbocycles. The Bertz CT molecular complexity index is 58.9. The zero-order valence-corrected chi connectivity index (χ0v) is 8.42. The van der Waals surface area contributed by atoms with Crippen LogP contribution in [0.1, 0.15) is 46.0 Å². The first-order chi connectivity index (χ1) is 5.81. The van der Waals surface area contributed by atoms with Gasteiger partial charge in [-0.25, -0.2) is 0 Å². The highest BCUT2D eigenvalue weighted by atomic mass is 16.3. The molecule has 0 spiro atoms. The molecule has 0 aromatic heterocycles. The van der Waals surface area contributed by atoms with Crippen molar-refractivity contribution in [3.8, 4) is 0 Å². The summed E-state index contributed by atoms with van der Waals surface area (Å²) in [4.78, 5) is 0. The van der Waals surface area contributed by atoms with Gasteiger partial charge in [0.05, 0.1) is 6.10 Å². The lowest BCUT2D eigenvalue weighted by atomic mass is 9.98. The Kier molecular flexibility index (Phi) is 16.3. The zero-order valence-electron chi connectivity index (χ0n) is 8.42. The summed E-state index contributed by atoms with van der Waals surface area (Å²) in [7, 11) is 0. The Labute approximate surface area is 76.6 Å². The lowest BCUT2D eigenvalue weighted by molar-refractivity contribution is 0.130. The van der Waals surface area contributed by atoms with Crippen LogP contribution in [0, 0.1) is 6.92 Å². The molecule has 0 saturated heterocycles. The fourth-order valence-corrected chi connectivity index (χ4v) is 1.08. The van der Waals surface area contributed by atoms with E-state index in [-0.39, 0.29) is 12.7 Å². The van der Waals surface area contributed by atoms with Crippen LogP contribution in [0.15, 0.2) is 0 Å². The standard InChI is InChI=1S/C6H12O.C2H6O.C2H5/c7-6-4-2-1-3-5-6;1-2-3;1-2/h6-7H,1-5H2;3H,2H2,1H3;1H2,2H3. The van der Waals surface area contributed by atoms with Crippen molar-refractivity contribution in [1.29, 1.82) is 0 Å². The van der Waals surface area contributed by atoms with Gasteiger partial charge in [0.2, 0.25) is 0 Å². The number of rotatable bonds is 0. The molecular weight excluding hydrogens is 152 g/mol. The van der Waals surface area contributed by atoms with E-state index in [9.17, 15) is 0 Å². The topological polar surface area (TPSA) is 40.5 Å². The molecule has 2 N–H and O–H groups in total. The number of hydrogen-bond donors (Lipinski definition) is 2. The second-order valence-electron chi connectivity index (χ2n) is 2.61. The normalized spacial score (nSPS) is 16.8. The van der Waals surface area contributed by atoms with E-state index in [2.05, 4.69) is 6.92 Å². The zero-order chi connectivity index (χ0) is 9.82. The molecule has 0 aliphatic heterocycles. The third-order valence-corrected chi connectivity index (χ3v) is 1.57. The van der Waals surface area contributed by atoms with E-state index in [0.29, 0.717) is 0 Å². The maximum Gasteiger partial charge on any atom is 0.0540 e. The minimum absolute atomic E-state index is 0.0359. The van der Waals surface area contributed by atoms with Gasteiger partial charge in [-0.1, -0.05) is 33.1 Å². The maximum atomic E-state index is 8.91. The molecule has 2 nitrogen and oxygen atoms in total. The van der Waals surface area contributed by atoms with Crippen LogP contribution in [-0.2, 0) is 0 Å². The van der Waals surface area contributed by atoms with Gasteiger partial charge in [0, 0.05) is 6.61 Å². The minimum atomic E-state index is 0.0359. The number of aliphatic hydroxyl groups excluding tert-OH is 2. The van der Waals surface area contributed by atoms with Crippen LogP contribution in [0.25, 0.3) is 0 Å². The van der Waals surface area contributed by atoms with E-state index >= 15 is 0 Å². The second-order valence-corrected chi connectivity index (χ2v) is 2.61. The van der Waals surface area contributed by atoms with Crippen molar-refractivity contribution in [2.24, 2.45) is 0 Å². The summed E-state index contributed by atoms with van der Waals surface area (Å²) in [5.74, 6) is 0. The molecule has 12 heavy (non-hydrogen) atoms. The van der Waals surface area contributed by atoms with E-state index in [1.165, 1.54) is 19.3 Å². The highest BCUT2D eigenvalue weighted by molar-refractivity contribution is 4.61. The lowest BCUT2D eigenvalue weighted by Crippen LogP contribution is -2.09. The highest BCUT2D eigenvalue weighted by Gasteiger charge is 2.07. The molecular formula is C10H23O2. The molecule has 0 aromatic rings. The second kappa shape index (κ2) is 13.5. The van der Waals surface area contributed by atoms with Crippen molar-refractivity contribution >= 4 is 0 Å². The van der Waals surface area contributed by atoms with Crippen molar-refractivity contribution in [3.63, 3.8) is 0 Å². The first-order valence-corrected chi connectivity index (χ1v) is 4.81. The van der Waals surface area contributed by atoms with Crippen LogP contribution in [0.2, 0.25) is 0 Å². The van der Waals surface area contributed by atoms with Crippen molar-refractivity contribution < 1.29 is 10.2 Å². The summed E-state index contributed by atoms with van der Waals surface area (Å²) >= 11 is 0. The third kappa shape index (κ3) is 12.6. The van der Waals surface area contributed by atoms with Crippen molar-refractivity contribution in [1.82, 2.24) is 0 Å². The molecule has 0 amide bonds. The molecule has 75 valence electrons. The van der Waals surface area contributed by atoms with Gasteiger partial charge in [0.15, 0.2) is 0 Å². The average Bonchev–Trinajstić information content (AvgIpc) is 2.11. The Hall–Kier alpha value is -0.0800. The van der Waals surface area contributed by atoms with Gasteiger partial charge in [-0.05, 0) is 19.8 Å². The molecule has 0 aromatic carbocycles. The molecule has 2 heteroatoms. The number of hydrogen-bond acceptors (Lipinski definition) is 2. The predicted octanol–water partition coefficient (Wildman–Crippen LogP) is 2.15. The smallest absolute Gasteiger partial charge is 0.0540 e. The lowest BCUT2D eigenvalue weighted by Gasteiger charge is -2.14. The van der Waals surface area contributed by atoms with Gasteiger partial charge in [0.25, 0.3) is 0 Å². The predicted molar refractivity (Wildman–Crippen MR) is 52.9 cm³/mol. The van der Waals surface area contributed by atoms with Gasteiger partial charge < -0.3 is 10.2 Å². The molecule has 0 heterocycles. The Morgan fingerprint density at radius 3 is 1.67 bits per heavy atom. The molecule has 0 atom stereocenters. The Morgan fingerprint density at radius 1 is 1.17 bits per heavy atom. The number of aliphatic hydroxyl groups is 2. The molecule has 1 aliphatic carbocycles. The van der Waals surface area contributed by atoms with Gasteiger partial charge in [0.1, 0.15) is 0 Å². The van der Waals surface area contributed by atoms with Crippen molar-refractivity contribution in [2.75, 3.05) is 6.61 Å². The largest absolute Gasteiger partial charge is 0.397 e. The monoisotopic (exact) mass is 175 g/mol. The molecule has 1 aliphatic rings. The Morgan fingerprint density at radius 2 is 1.50 bits per heavy atom. The van der Waals surface area contributed by atoms with Crippen LogP contribution in [0.4, 0.5) is 0 Å². The van der Waals surface area contributed by atoms with Crippen LogP contribution in [-0.4, -0.2) is 22.9 Å². The summed E-state index contributed by atoms with van der Waals surface area (Å²) < 4.78 is 0. The summed E-state index contributed by atoms with van der Waals surface area (Å²) in [6.45, 7) is 6.93. The van der Waals surface area contributed by atoms with E-state index in [4.69, 9.17) is 10.2 Å². The first-order valence-electron chi connectivity index (χ1n) is 4.81. The van der Waals surface area contributed by atoms with Crippen LogP contribution in [0.5, 0.6) is 0 Å². The minimum Gasteiger partial charge on any atom is -0.397 e. The quantitative estimate of drug-likeness (QED) is 0.592. The SMILES string of the molecule is CCO.OC1CCCCC1.[CH2]C. The van der Waals surface area contributed by atoms with Gasteiger partial charge in [-0.2, -0.15) is 0 Å². The van der Waals surface area contributed by atoms with Gasteiger partial charge in [-0.3, -0.25) is 0 Å². The summed E-state index contributed by atoms with van der Waals surface area (Å²) in [6, 6.07) is 0.